The van der Waals surface area contributed by atoms with E-state index in [0.29, 0.717) is 0 Å². The summed E-state index contributed by atoms with van der Waals surface area (Å²) >= 11 is 0. The molecule has 1 aliphatic carbocycles. The van der Waals surface area contributed by atoms with Gasteiger partial charge in [0.05, 0.1) is 12.7 Å². The van der Waals surface area contributed by atoms with Crippen molar-refractivity contribution < 1.29 is 9.84 Å². The summed E-state index contributed by atoms with van der Waals surface area (Å²) in [5.74, 6) is 1.73. The molecule has 2 rings (SSSR count). The third-order valence-corrected chi connectivity index (χ3v) is 2.85. The van der Waals surface area contributed by atoms with E-state index in [1.54, 1.807) is 6.92 Å². The van der Waals surface area contributed by atoms with Gasteiger partial charge in [0.15, 0.2) is 0 Å². The lowest BCUT2D eigenvalue weighted by Gasteiger charge is -2.11. The molecule has 0 unspecified atom stereocenters. The predicted molar refractivity (Wildman–Crippen MR) is 60.0 cm³/mol. The number of hydrogen-bond acceptors (Lipinski definition) is 2. The molecule has 0 aromatic heterocycles. The maximum Gasteiger partial charge on any atom is 0.122 e. The Morgan fingerprint density at radius 2 is 2.20 bits per heavy atom. The summed E-state index contributed by atoms with van der Waals surface area (Å²) in [6.07, 6.45) is 2.22. The van der Waals surface area contributed by atoms with Gasteiger partial charge in [0.25, 0.3) is 0 Å². The first-order valence-corrected chi connectivity index (χ1v) is 5.58. The fourth-order valence-corrected chi connectivity index (χ4v) is 1.59. The molecule has 0 aliphatic heterocycles. The van der Waals surface area contributed by atoms with Crippen LogP contribution in [0.5, 0.6) is 5.75 Å². The zero-order valence-electron chi connectivity index (χ0n) is 9.36. The first-order valence-electron chi connectivity index (χ1n) is 5.58. The van der Waals surface area contributed by atoms with Crippen molar-refractivity contribution in [2.45, 2.75) is 32.8 Å². The van der Waals surface area contributed by atoms with Crippen LogP contribution in [-0.2, 0) is 0 Å². The molecule has 1 aromatic rings. The van der Waals surface area contributed by atoms with Crippen molar-refractivity contribution >= 4 is 0 Å². The van der Waals surface area contributed by atoms with E-state index >= 15 is 0 Å². The van der Waals surface area contributed by atoms with Gasteiger partial charge in [-0.15, -0.1) is 0 Å². The molecule has 15 heavy (non-hydrogen) atoms. The number of benzene rings is 1. The van der Waals surface area contributed by atoms with Crippen molar-refractivity contribution in [3.05, 3.63) is 29.3 Å². The van der Waals surface area contributed by atoms with E-state index < -0.39 is 6.10 Å². The first kappa shape index (κ1) is 10.5. The first-order chi connectivity index (χ1) is 7.16. The monoisotopic (exact) mass is 206 g/mol. The lowest BCUT2D eigenvalue weighted by molar-refractivity contribution is 0.199. The van der Waals surface area contributed by atoms with E-state index in [1.807, 2.05) is 25.1 Å². The molecule has 2 nitrogen and oxygen atoms in total. The van der Waals surface area contributed by atoms with E-state index in [1.165, 1.54) is 12.8 Å². The summed E-state index contributed by atoms with van der Waals surface area (Å²) in [4.78, 5) is 0. The average molecular weight is 206 g/mol. The van der Waals surface area contributed by atoms with Crippen LogP contribution >= 0.6 is 0 Å². The van der Waals surface area contributed by atoms with Crippen LogP contribution in [0.4, 0.5) is 0 Å². The van der Waals surface area contributed by atoms with Crippen LogP contribution in [0, 0.1) is 12.8 Å². The van der Waals surface area contributed by atoms with Crippen molar-refractivity contribution in [2.24, 2.45) is 5.92 Å². The summed E-state index contributed by atoms with van der Waals surface area (Å²) in [5, 5.41) is 9.43. The topological polar surface area (TPSA) is 29.5 Å². The fourth-order valence-electron chi connectivity index (χ4n) is 1.59. The van der Waals surface area contributed by atoms with E-state index in [4.69, 9.17) is 4.74 Å². The molecular weight excluding hydrogens is 188 g/mol. The van der Waals surface area contributed by atoms with E-state index in [9.17, 15) is 5.11 Å². The highest BCUT2D eigenvalue weighted by Crippen LogP contribution is 2.30. The molecule has 1 aliphatic rings. The molecule has 0 radical (unpaired) electrons. The zero-order valence-corrected chi connectivity index (χ0v) is 9.36. The van der Waals surface area contributed by atoms with Gasteiger partial charge in [0, 0.05) is 0 Å². The van der Waals surface area contributed by atoms with Gasteiger partial charge in [0.1, 0.15) is 5.75 Å². The quantitative estimate of drug-likeness (QED) is 0.820. The number of aliphatic hydroxyl groups excluding tert-OH is 1. The normalized spacial score (nSPS) is 17.5. The Morgan fingerprint density at radius 3 is 2.73 bits per heavy atom. The van der Waals surface area contributed by atoms with Crippen LogP contribution in [0.1, 0.15) is 37.0 Å². The number of aliphatic hydroxyl groups is 1. The molecule has 1 aromatic carbocycles. The van der Waals surface area contributed by atoms with Crippen molar-refractivity contribution in [1.82, 2.24) is 0 Å². The van der Waals surface area contributed by atoms with Crippen LogP contribution < -0.4 is 4.74 Å². The summed E-state index contributed by atoms with van der Waals surface area (Å²) in [5.41, 5.74) is 2.06. The highest BCUT2D eigenvalue weighted by Gasteiger charge is 2.22. The largest absolute Gasteiger partial charge is 0.493 e. The van der Waals surface area contributed by atoms with Crippen LogP contribution in [0.25, 0.3) is 0 Å². The molecule has 82 valence electrons. The minimum atomic E-state index is -0.402. The molecule has 0 heterocycles. The van der Waals surface area contributed by atoms with E-state index in [-0.39, 0.29) is 0 Å². The Morgan fingerprint density at radius 1 is 1.47 bits per heavy atom. The molecule has 0 amide bonds. The molecule has 0 saturated heterocycles. The lowest BCUT2D eigenvalue weighted by Crippen LogP contribution is -2.01. The second-order valence-electron chi connectivity index (χ2n) is 4.46. The van der Waals surface area contributed by atoms with Crippen molar-refractivity contribution in [1.29, 1.82) is 0 Å². The molecule has 1 atom stereocenters. The van der Waals surface area contributed by atoms with Gasteiger partial charge in [-0.1, -0.05) is 6.07 Å². The number of rotatable bonds is 4. The van der Waals surface area contributed by atoms with Crippen molar-refractivity contribution in [3.8, 4) is 5.75 Å². The third kappa shape index (κ3) is 2.72. The van der Waals surface area contributed by atoms with Crippen LogP contribution in [0.2, 0.25) is 0 Å². The number of aryl methyl sites for hydroxylation is 1. The summed E-state index contributed by atoms with van der Waals surface area (Å²) in [6.45, 7) is 4.64. The maximum absolute atomic E-state index is 9.43. The standard InChI is InChI=1S/C13H18O2/c1-9-7-12(10(2)14)5-6-13(9)15-8-11-3-4-11/h5-7,10-11,14H,3-4,8H2,1-2H3/t10-/m1/s1. The Labute approximate surface area is 90.9 Å². The number of hydrogen-bond donors (Lipinski definition) is 1. The molecule has 1 saturated carbocycles. The van der Waals surface area contributed by atoms with Gasteiger partial charge < -0.3 is 9.84 Å². The van der Waals surface area contributed by atoms with Crippen molar-refractivity contribution in [3.63, 3.8) is 0 Å². The van der Waals surface area contributed by atoms with Gasteiger partial charge in [-0.05, 0) is 55.9 Å². The average Bonchev–Trinajstić information content (AvgIpc) is 2.99. The molecule has 2 heteroatoms. The predicted octanol–water partition coefficient (Wildman–Crippen LogP) is 2.84. The highest BCUT2D eigenvalue weighted by molar-refractivity contribution is 5.36. The van der Waals surface area contributed by atoms with E-state index in [2.05, 4.69) is 0 Å². The van der Waals surface area contributed by atoms with Crippen LogP contribution in [-0.4, -0.2) is 11.7 Å². The third-order valence-electron chi connectivity index (χ3n) is 2.85. The SMILES string of the molecule is Cc1cc([C@@H](C)O)ccc1OCC1CC1. The van der Waals surface area contributed by atoms with Gasteiger partial charge in [-0.3, -0.25) is 0 Å². The Bertz CT molecular complexity index is 340. The lowest BCUT2D eigenvalue weighted by atomic mass is 10.1. The second-order valence-corrected chi connectivity index (χ2v) is 4.46. The summed E-state index contributed by atoms with van der Waals surface area (Å²) in [6, 6.07) is 5.88. The summed E-state index contributed by atoms with van der Waals surface area (Å²) < 4.78 is 5.71. The minimum absolute atomic E-state index is 0.402. The molecule has 1 fully saturated rings. The van der Waals surface area contributed by atoms with Crippen LogP contribution in [0.3, 0.4) is 0 Å². The summed E-state index contributed by atoms with van der Waals surface area (Å²) in [7, 11) is 0. The highest BCUT2D eigenvalue weighted by atomic mass is 16.5. The Balaban J connectivity index is 2.04. The van der Waals surface area contributed by atoms with Crippen molar-refractivity contribution in [2.75, 3.05) is 6.61 Å². The minimum Gasteiger partial charge on any atom is -0.493 e. The van der Waals surface area contributed by atoms with Gasteiger partial charge >= 0.3 is 0 Å². The second kappa shape index (κ2) is 4.23. The zero-order chi connectivity index (χ0) is 10.8. The molecule has 1 N–H and O–H groups in total. The fraction of sp³-hybridized carbons (Fsp3) is 0.538. The number of ether oxygens (including phenoxy) is 1. The molecule has 0 bridgehead atoms. The maximum atomic E-state index is 9.43. The smallest absolute Gasteiger partial charge is 0.122 e. The Hall–Kier alpha value is -1.02. The van der Waals surface area contributed by atoms with Gasteiger partial charge in [-0.2, -0.15) is 0 Å². The molecule has 0 spiro atoms. The molecular formula is C13H18O2. The van der Waals surface area contributed by atoms with E-state index in [0.717, 1.165) is 29.4 Å². The van der Waals surface area contributed by atoms with Gasteiger partial charge in [-0.25, -0.2) is 0 Å². The Kier molecular flexibility index (Phi) is 2.96. The van der Waals surface area contributed by atoms with Gasteiger partial charge in [0.2, 0.25) is 0 Å². The van der Waals surface area contributed by atoms with Crippen LogP contribution in [0.15, 0.2) is 18.2 Å².